The van der Waals surface area contributed by atoms with Gasteiger partial charge in [-0.2, -0.15) is 0 Å². The van der Waals surface area contributed by atoms with E-state index in [0.717, 1.165) is 0 Å². The molecule has 0 atom stereocenters. The van der Waals surface area contributed by atoms with Crippen LogP contribution in [0, 0.1) is 5.82 Å². The Kier molecular flexibility index (Phi) is 4.24. The van der Waals surface area contributed by atoms with Gasteiger partial charge >= 0.3 is 0 Å². The lowest BCUT2D eigenvalue weighted by Gasteiger charge is -2.46. The molecule has 1 heterocycles. The zero-order valence-corrected chi connectivity index (χ0v) is 13.3. The van der Waals surface area contributed by atoms with E-state index in [1.807, 2.05) is 6.92 Å². The minimum Gasteiger partial charge on any atom is -0.393 e. The number of pyridine rings is 1. The topological polar surface area (TPSA) is 82.2 Å². The number of halogens is 1. The van der Waals surface area contributed by atoms with Crippen molar-refractivity contribution in [2.45, 2.75) is 37.8 Å². The largest absolute Gasteiger partial charge is 0.393 e. The summed E-state index contributed by atoms with van der Waals surface area (Å²) in [6, 6.07) is 9.04. The molecule has 3 rings (SSSR count). The first-order valence-electron chi connectivity index (χ1n) is 7.92. The lowest BCUT2D eigenvalue weighted by atomic mass is 9.69. The number of carbonyl (C=O) groups is 1. The van der Waals surface area contributed by atoms with Crippen LogP contribution in [0.4, 0.5) is 4.39 Å². The lowest BCUT2D eigenvalue weighted by Crippen LogP contribution is -2.57. The molecule has 1 aliphatic carbocycles. The van der Waals surface area contributed by atoms with Gasteiger partial charge in [0.05, 0.1) is 11.6 Å². The molecule has 0 unspecified atom stereocenters. The number of aliphatic hydroxyl groups excluding tert-OH is 1. The summed E-state index contributed by atoms with van der Waals surface area (Å²) in [7, 11) is 0. The van der Waals surface area contributed by atoms with E-state index in [-0.39, 0.29) is 24.0 Å². The predicted molar refractivity (Wildman–Crippen MR) is 87.2 cm³/mol. The van der Waals surface area contributed by atoms with Crippen molar-refractivity contribution in [3.05, 3.63) is 69.4 Å². The smallest absolute Gasteiger partial charge is 0.252 e. The molecule has 24 heavy (non-hydrogen) atoms. The van der Waals surface area contributed by atoms with Gasteiger partial charge in [0.2, 0.25) is 5.56 Å². The molecule has 1 aliphatic rings. The third kappa shape index (κ3) is 2.97. The maximum absolute atomic E-state index is 14.2. The van der Waals surface area contributed by atoms with E-state index in [9.17, 15) is 19.1 Å². The van der Waals surface area contributed by atoms with Gasteiger partial charge < -0.3 is 15.4 Å². The van der Waals surface area contributed by atoms with Crippen LogP contribution in [0.25, 0.3) is 0 Å². The number of aryl methyl sites for hydroxylation is 1. The number of carbonyl (C=O) groups excluding carboxylic acids is 1. The number of hydrogen-bond donors (Lipinski definition) is 3. The molecule has 0 aliphatic heterocycles. The number of nitrogens with one attached hydrogen (secondary N) is 2. The first-order chi connectivity index (χ1) is 11.4. The quantitative estimate of drug-likeness (QED) is 0.800. The number of benzene rings is 1. The van der Waals surface area contributed by atoms with Crippen molar-refractivity contribution >= 4 is 5.91 Å². The summed E-state index contributed by atoms with van der Waals surface area (Å²) in [5.41, 5.74) is -0.0668. The molecule has 1 aromatic heterocycles. The van der Waals surface area contributed by atoms with Crippen LogP contribution < -0.4 is 10.9 Å². The van der Waals surface area contributed by atoms with Gasteiger partial charge in [0.25, 0.3) is 5.91 Å². The number of hydrogen-bond acceptors (Lipinski definition) is 3. The summed E-state index contributed by atoms with van der Waals surface area (Å²) >= 11 is 0. The molecule has 6 heteroatoms. The second-order valence-corrected chi connectivity index (χ2v) is 6.19. The Bertz CT molecular complexity index is 825. The van der Waals surface area contributed by atoms with Crippen LogP contribution in [0.2, 0.25) is 0 Å². The third-order valence-corrected chi connectivity index (χ3v) is 4.45. The van der Waals surface area contributed by atoms with Crippen molar-refractivity contribution in [2.75, 3.05) is 0 Å². The number of aromatic nitrogens is 1. The Morgan fingerprint density at radius 1 is 1.38 bits per heavy atom. The number of aliphatic hydroxyl groups is 1. The molecule has 0 saturated heterocycles. The SMILES string of the molecule is CCc1cc(C(=O)NC2(c3ccccc3F)CC(O)C2)cc(=O)[nH]1. The zero-order chi connectivity index (χ0) is 17.3. The number of aromatic amines is 1. The van der Waals surface area contributed by atoms with Crippen molar-refractivity contribution in [2.24, 2.45) is 0 Å². The van der Waals surface area contributed by atoms with E-state index in [2.05, 4.69) is 10.3 Å². The molecular formula is C18H19FN2O3. The molecule has 0 radical (unpaired) electrons. The van der Waals surface area contributed by atoms with Gasteiger partial charge in [-0.25, -0.2) is 4.39 Å². The highest BCUT2D eigenvalue weighted by molar-refractivity contribution is 5.94. The molecule has 0 bridgehead atoms. The summed E-state index contributed by atoms with van der Waals surface area (Å²) in [4.78, 5) is 26.9. The van der Waals surface area contributed by atoms with Crippen LogP contribution in [0.1, 0.15) is 41.4 Å². The van der Waals surface area contributed by atoms with Crippen molar-refractivity contribution in [3.8, 4) is 0 Å². The van der Waals surface area contributed by atoms with Crippen molar-refractivity contribution in [3.63, 3.8) is 0 Å². The number of amides is 1. The molecule has 1 amide bonds. The fourth-order valence-electron chi connectivity index (χ4n) is 3.20. The zero-order valence-electron chi connectivity index (χ0n) is 13.3. The minimum absolute atomic E-state index is 0.229. The van der Waals surface area contributed by atoms with Crippen molar-refractivity contribution in [1.82, 2.24) is 10.3 Å². The molecule has 0 spiro atoms. The van der Waals surface area contributed by atoms with Crippen LogP contribution in [0.15, 0.2) is 41.2 Å². The molecule has 1 aromatic carbocycles. The van der Waals surface area contributed by atoms with Crippen LogP contribution in [0.3, 0.4) is 0 Å². The molecule has 2 aromatic rings. The van der Waals surface area contributed by atoms with Crippen molar-refractivity contribution in [1.29, 1.82) is 0 Å². The molecule has 3 N–H and O–H groups in total. The third-order valence-electron chi connectivity index (χ3n) is 4.45. The van der Waals surface area contributed by atoms with E-state index in [0.29, 0.717) is 17.7 Å². The Hall–Kier alpha value is -2.47. The predicted octanol–water partition coefficient (Wildman–Crippen LogP) is 1.86. The van der Waals surface area contributed by atoms with E-state index >= 15 is 0 Å². The Balaban J connectivity index is 1.92. The first-order valence-corrected chi connectivity index (χ1v) is 7.92. The summed E-state index contributed by atoms with van der Waals surface area (Å²) < 4.78 is 14.2. The summed E-state index contributed by atoms with van der Waals surface area (Å²) in [6.07, 6.45) is 0.482. The van der Waals surface area contributed by atoms with E-state index in [1.54, 1.807) is 24.3 Å². The Morgan fingerprint density at radius 2 is 2.08 bits per heavy atom. The fourth-order valence-corrected chi connectivity index (χ4v) is 3.20. The minimum atomic E-state index is -0.948. The highest BCUT2D eigenvalue weighted by atomic mass is 19.1. The average Bonchev–Trinajstić information content (AvgIpc) is 2.52. The lowest BCUT2D eigenvalue weighted by molar-refractivity contribution is -0.000609. The summed E-state index contributed by atoms with van der Waals surface area (Å²) in [6.45, 7) is 1.87. The molecule has 5 nitrogen and oxygen atoms in total. The van der Waals surface area contributed by atoms with Crippen LogP contribution in [-0.2, 0) is 12.0 Å². The Morgan fingerprint density at radius 3 is 2.71 bits per heavy atom. The highest BCUT2D eigenvalue weighted by Crippen LogP contribution is 2.42. The monoisotopic (exact) mass is 330 g/mol. The van der Waals surface area contributed by atoms with Crippen LogP contribution in [0.5, 0.6) is 0 Å². The van der Waals surface area contributed by atoms with Crippen LogP contribution >= 0.6 is 0 Å². The van der Waals surface area contributed by atoms with Gasteiger partial charge in [0.15, 0.2) is 0 Å². The van der Waals surface area contributed by atoms with Crippen LogP contribution in [-0.4, -0.2) is 22.1 Å². The molecule has 126 valence electrons. The maximum atomic E-state index is 14.2. The fraction of sp³-hybridized carbons (Fsp3) is 0.333. The van der Waals surface area contributed by atoms with Gasteiger partial charge in [-0.05, 0) is 18.6 Å². The van der Waals surface area contributed by atoms with E-state index in [4.69, 9.17) is 0 Å². The van der Waals surface area contributed by atoms with Gasteiger partial charge in [-0.1, -0.05) is 25.1 Å². The number of rotatable bonds is 4. The summed E-state index contributed by atoms with van der Waals surface area (Å²) in [5.74, 6) is -0.879. The normalized spacial score (nSPS) is 22.7. The number of H-pyrrole nitrogens is 1. The molecule has 1 fully saturated rings. The first kappa shape index (κ1) is 16.4. The molecule has 1 saturated carbocycles. The van der Waals surface area contributed by atoms with E-state index < -0.39 is 23.4 Å². The van der Waals surface area contributed by atoms with Gasteiger partial charge in [0.1, 0.15) is 5.82 Å². The van der Waals surface area contributed by atoms with Crippen molar-refractivity contribution < 1.29 is 14.3 Å². The average molecular weight is 330 g/mol. The van der Waals surface area contributed by atoms with Gasteiger partial charge in [-0.3, -0.25) is 9.59 Å². The van der Waals surface area contributed by atoms with E-state index in [1.165, 1.54) is 12.1 Å². The van der Waals surface area contributed by atoms with Gasteiger partial charge in [-0.15, -0.1) is 0 Å². The molecular weight excluding hydrogens is 311 g/mol. The highest BCUT2D eigenvalue weighted by Gasteiger charge is 2.47. The maximum Gasteiger partial charge on any atom is 0.252 e. The summed E-state index contributed by atoms with van der Waals surface area (Å²) in [5, 5.41) is 12.5. The second-order valence-electron chi connectivity index (χ2n) is 6.19. The second kappa shape index (κ2) is 6.20. The standard InChI is InChI=1S/C18H19FN2O3/c1-2-12-7-11(8-16(23)20-12)17(24)21-18(9-13(22)10-18)14-5-3-4-6-15(14)19/h3-8,13,22H,2,9-10H2,1H3,(H,20,23)(H,21,24). The Labute approximate surface area is 138 Å². The van der Waals surface area contributed by atoms with Gasteiger partial charge in [0, 0.05) is 35.7 Å².